The molecular formula is C14H13N5. The van der Waals surface area contributed by atoms with E-state index in [4.69, 9.17) is 5.26 Å². The molecule has 5 nitrogen and oxygen atoms in total. The summed E-state index contributed by atoms with van der Waals surface area (Å²) in [5.74, 6) is 0.820. The average Bonchev–Trinajstić information content (AvgIpc) is 2.90. The molecule has 2 heterocycles. The first-order valence-corrected chi connectivity index (χ1v) is 5.98. The summed E-state index contributed by atoms with van der Waals surface area (Å²) in [6, 6.07) is 9.81. The van der Waals surface area contributed by atoms with Crippen molar-refractivity contribution in [3.05, 3.63) is 35.5 Å². The lowest BCUT2D eigenvalue weighted by atomic mass is 10.2. The van der Waals surface area contributed by atoms with E-state index in [1.807, 2.05) is 48.5 Å². The van der Waals surface area contributed by atoms with Crippen molar-refractivity contribution in [2.24, 2.45) is 14.1 Å². The van der Waals surface area contributed by atoms with Gasteiger partial charge in [-0.25, -0.2) is 4.98 Å². The maximum absolute atomic E-state index is 9.15. The Morgan fingerprint density at radius 1 is 1.26 bits per heavy atom. The molecule has 3 aromatic rings. The van der Waals surface area contributed by atoms with E-state index in [0.717, 1.165) is 28.2 Å². The van der Waals surface area contributed by atoms with Gasteiger partial charge in [0.1, 0.15) is 17.3 Å². The van der Waals surface area contributed by atoms with Crippen LogP contribution >= 0.6 is 0 Å². The minimum atomic E-state index is 0.596. The summed E-state index contributed by atoms with van der Waals surface area (Å²) in [6.07, 6.45) is 0. The fraction of sp³-hybridized carbons (Fsp3) is 0.214. The molecule has 0 bridgehead atoms. The van der Waals surface area contributed by atoms with Gasteiger partial charge in [-0.1, -0.05) is 6.07 Å². The highest BCUT2D eigenvalue weighted by Crippen LogP contribution is 2.25. The Morgan fingerprint density at radius 2 is 2.05 bits per heavy atom. The van der Waals surface area contributed by atoms with E-state index in [1.165, 1.54) is 0 Å². The van der Waals surface area contributed by atoms with Crippen molar-refractivity contribution in [1.29, 1.82) is 5.26 Å². The van der Waals surface area contributed by atoms with Gasteiger partial charge in [0.25, 0.3) is 0 Å². The molecule has 94 valence electrons. The largest absolute Gasteiger partial charge is 0.326 e. The Hall–Kier alpha value is -2.61. The van der Waals surface area contributed by atoms with Crippen molar-refractivity contribution >= 4 is 11.0 Å². The third kappa shape index (κ3) is 1.61. The van der Waals surface area contributed by atoms with Gasteiger partial charge in [-0.05, 0) is 25.1 Å². The highest BCUT2D eigenvalue weighted by atomic mass is 15.3. The first kappa shape index (κ1) is 11.5. The van der Waals surface area contributed by atoms with Gasteiger partial charge in [0.05, 0.1) is 16.8 Å². The van der Waals surface area contributed by atoms with Gasteiger partial charge in [0.15, 0.2) is 5.82 Å². The molecule has 0 aliphatic carbocycles. The Balaban J connectivity index is 2.35. The highest BCUT2D eigenvalue weighted by molar-refractivity contribution is 5.85. The zero-order valence-electron chi connectivity index (χ0n) is 11.0. The van der Waals surface area contributed by atoms with Crippen molar-refractivity contribution in [2.45, 2.75) is 6.92 Å². The van der Waals surface area contributed by atoms with Crippen LogP contribution < -0.4 is 0 Å². The van der Waals surface area contributed by atoms with Gasteiger partial charge < -0.3 is 4.57 Å². The number of fused-ring (bicyclic) bond motifs is 1. The first-order valence-electron chi connectivity index (χ1n) is 5.98. The molecule has 0 saturated carbocycles. The van der Waals surface area contributed by atoms with E-state index in [0.29, 0.717) is 5.56 Å². The number of imidazole rings is 1. The zero-order chi connectivity index (χ0) is 13.6. The number of aromatic nitrogens is 4. The number of hydrogen-bond donors (Lipinski definition) is 0. The van der Waals surface area contributed by atoms with Crippen molar-refractivity contribution in [3.8, 4) is 17.6 Å². The third-order valence-corrected chi connectivity index (χ3v) is 3.26. The molecule has 19 heavy (non-hydrogen) atoms. The minimum Gasteiger partial charge on any atom is -0.326 e. The van der Waals surface area contributed by atoms with Crippen molar-refractivity contribution in [3.63, 3.8) is 0 Å². The molecule has 0 N–H and O–H groups in total. The Bertz CT molecular complexity index is 816. The Morgan fingerprint density at radius 3 is 2.68 bits per heavy atom. The Labute approximate surface area is 110 Å². The molecule has 0 saturated heterocycles. The lowest BCUT2D eigenvalue weighted by Gasteiger charge is -2.02. The normalized spacial score (nSPS) is 10.8. The fourth-order valence-corrected chi connectivity index (χ4v) is 2.35. The smallest absolute Gasteiger partial charge is 0.159 e. The number of para-hydroxylation sites is 1. The van der Waals surface area contributed by atoms with Crippen LogP contribution in [0.1, 0.15) is 11.3 Å². The molecule has 0 fully saturated rings. The van der Waals surface area contributed by atoms with Crippen LogP contribution in [0.15, 0.2) is 24.3 Å². The molecule has 2 aromatic heterocycles. The van der Waals surface area contributed by atoms with Gasteiger partial charge in [-0.2, -0.15) is 10.4 Å². The lowest BCUT2D eigenvalue weighted by Crippen LogP contribution is -1.99. The van der Waals surface area contributed by atoms with E-state index < -0.39 is 0 Å². The maximum Gasteiger partial charge on any atom is 0.159 e. The second-order valence-corrected chi connectivity index (χ2v) is 4.57. The predicted molar refractivity (Wildman–Crippen MR) is 72.4 cm³/mol. The molecule has 3 rings (SSSR count). The van der Waals surface area contributed by atoms with Gasteiger partial charge >= 0.3 is 0 Å². The predicted octanol–water partition coefficient (Wildman–Crippen LogP) is 2.15. The summed E-state index contributed by atoms with van der Waals surface area (Å²) in [7, 11) is 3.85. The lowest BCUT2D eigenvalue weighted by molar-refractivity contribution is 0.754. The van der Waals surface area contributed by atoms with E-state index in [1.54, 1.807) is 6.07 Å². The van der Waals surface area contributed by atoms with Gasteiger partial charge in [-0.3, -0.25) is 4.68 Å². The molecule has 5 heteroatoms. The maximum atomic E-state index is 9.15. The SMILES string of the molecule is Cc1cc(-c2nc3c(C#N)cccc3n2C)n(C)n1. The van der Waals surface area contributed by atoms with Crippen LogP contribution in [0.3, 0.4) is 0 Å². The topological polar surface area (TPSA) is 59.4 Å². The van der Waals surface area contributed by atoms with Crippen LogP contribution in [-0.4, -0.2) is 19.3 Å². The summed E-state index contributed by atoms with van der Waals surface area (Å²) < 4.78 is 3.80. The summed E-state index contributed by atoms with van der Waals surface area (Å²) in [5, 5.41) is 13.5. The van der Waals surface area contributed by atoms with Crippen LogP contribution in [0, 0.1) is 18.3 Å². The number of benzene rings is 1. The number of aryl methyl sites for hydroxylation is 3. The standard InChI is InChI=1S/C14H13N5/c1-9-7-12(19(3)17-9)14-16-13-10(8-15)5-4-6-11(13)18(14)2/h4-7H,1-3H3. The molecule has 0 aliphatic rings. The second-order valence-electron chi connectivity index (χ2n) is 4.57. The third-order valence-electron chi connectivity index (χ3n) is 3.26. The summed E-state index contributed by atoms with van der Waals surface area (Å²) in [6.45, 7) is 1.95. The summed E-state index contributed by atoms with van der Waals surface area (Å²) in [4.78, 5) is 4.61. The number of nitrogens with zero attached hydrogens (tertiary/aromatic N) is 5. The zero-order valence-corrected chi connectivity index (χ0v) is 11.0. The number of hydrogen-bond acceptors (Lipinski definition) is 3. The molecule has 0 radical (unpaired) electrons. The number of rotatable bonds is 1. The quantitative estimate of drug-likeness (QED) is 0.665. The van der Waals surface area contributed by atoms with Crippen molar-refractivity contribution in [2.75, 3.05) is 0 Å². The molecule has 0 atom stereocenters. The van der Waals surface area contributed by atoms with E-state index >= 15 is 0 Å². The van der Waals surface area contributed by atoms with Crippen molar-refractivity contribution in [1.82, 2.24) is 19.3 Å². The van der Waals surface area contributed by atoms with E-state index in [-0.39, 0.29) is 0 Å². The van der Waals surface area contributed by atoms with Gasteiger partial charge in [0, 0.05) is 14.1 Å². The molecule has 0 unspecified atom stereocenters. The molecule has 0 aliphatic heterocycles. The van der Waals surface area contributed by atoms with Crippen LogP contribution in [0.4, 0.5) is 0 Å². The molecule has 0 amide bonds. The van der Waals surface area contributed by atoms with E-state index in [9.17, 15) is 0 Å². The molecular weight excluding hydrogens is 238 g/mol. The van der Waals surface area contributed by atoms with Crippen molar-refractivity contribution < 1.29 is 0 Å². The van der Waals surface area contributed by atoms with Crippen LogP contribution in [0.5, 0.6) is 0 Å². The average molecular weight is 251 g/mol. The Kier molecular flexibility index (Phi) is 2.39. The monoisotopic (exact) mass is 251 g/mol. The van der Waals surface area contributed by atoms with Gasteiger partial charge in [-0.15, -0.1) is 0 Å². The minimum absolute atomic E-state index is 0.596. The van der Waals surface area contributed by atoms with Crippen LogP contribution in [-0.2, 0) is 14.1 Å². The molecule has 0 spiro atoms. The van der Waals surface area contributed by atoms with Crippen LogP contribution in [0.2, 0.25) is 0 Å². The molecule has 1 aromatic carbocycles. The second kappa shape index (κ2) is 3.95. The van der Waals surface area contributed by atoms with E-state index in [2.05, 4.69) is 16.2 Å². The first-order chi connectivity index (χ1) is 9.11. The summed E-state index contributed by atoms with van der Waals surface area (Å²) >= 11 is 0. The van der Waals surface area contributed by atoms with Crippen LogP contribution in [0.25, 0.3) is 22.6 Å². The summed E-state index contributed by atoms with van der Waals surface area (Å²) in [5.41, 5.74) is 4.18. The highest BCUT2D eigenvalue weighted by Gasteiger charge is 2.15. The fourth-order valence-electron chi connectivity index (χ4n) is 2.35. The number of nitriles is 1. The van der Waals surface area contributed by atoms with Gasteiger partial charge in [0.2, 0.25) is 0 Å².